The molecule has 0 aliphatic carbocycles. The third kappa shape index (κ3) is 2.63. The Bertz CT molecular complexity index is 580. The molecule has 4 nitrogen and oxygen atoms in total. The Kier molecular flexibility index (Phi) is 3.90. The number of hydrogen-bond acceptors (Lipinski definition) is 3. The summed E-state index contributed by atoms with van der Waals surface area (Å²) in [6.45, 7) is 4.23. The highest BCUT2D eigenvalue weighted by Crippen LogP contribution is 2.24. The van der Waals surface area contributed by atoms with Gasteiger partial charge >= 0.3 is 0 Å². The molecule has 0 fully saturated rings. The van der Waals surface area contributed by atoms with Crippen LogP contribution in [0.4, 0.5) is 8.78 Å². The van der Waals surface area contributed by atoms with E-state index in [0.29, 0.717) is 17.8 Å². The van der Waals surface area contributed by atoms with E-state index in [1.165, 1.54) is 12.3 Å². The van der Waals surface area contributed by atoms with Crippen molar-refractivity contribution in [2.45, 2.75) is 32.9 Å². The van der Waals surface area contributed by atoms with Crippen molar-refractivity contribution in [3.63, 3.8) is 0 Å². The van der Waals surface area contributed by atoms with E-state index in [2.05, 4.69) is 10.3 Å². The second-order valence-electron chi connectivity index (χ2n) is 4.48. The predicted octanol–water partition coefficient (Wildman–Crippen LogP) is 2.32. The molecule has 1 heterocycles. The van der Waals surface area contributed by atoms with Crippen LogP contribution in [0.25, 0.3) is 0 Å². The van der Waals surface area contributed by atoms with Gasteiger partial charge < -0.3 is 5.73 Å². The Morgan fingerprint density at radius 1 is 1.32 bits per heavy atom. The molecule has 0 aliphatic rings. The predicted molar refractivity (Wildman–Crippen MR) is 67.4 cm³/mol. The summed E-state index contributed by atoms with van der Waals surface area (Å²) in [5.41, 5.74) is 7.28. The molecule has 0 spiro atoms. The highest BCUT2D eigenvalue weighted by atomic mass is 19.1. The summed E-state index contributed by atoms with van der Waals surface area (Å²) in [5, 5.41) is 7.71. The first kappa shape index (κ1) is 13.6. The number of benzene rings is 1. The summed E-state index contributed by atoms with van der Waals surface area (Å²) in [6.07, 6.45) is 2.38. The molecule has 0 bridgehead atoms. The van der Waals surface area contributed by atoms with Crippen molar-refractivity contribution in [1.82, 2.24) is 15.0 Å². The van der Waals surface area contributed by atoms with Gasteiger partial charge in [-0.15, -0.1) is 5.10 Å². The van der Waals surface area contributed by atoms with Gasteiger partial charge in [-0.05, 0) is 25.0 Å². The van der Waals surface area contributed by atoms with E-state index in [-0.39, 0.29) is 5.56 Å². The van der Waals surface area contributed by atoms with Crippen LogP contribution in [0.2, 0.25) is 0 Å². The Hall–Kier alpha value is -1.82. The molecular weight excluding hydrogens is 250 g/mol. The Morgan fingerprint density at radius 3 is 2.74 bits per heavy atom. The number of aryl methyl sites for hydroxylation is 2. The zero-order chi connectivity index (χ0) is 14.0. The van der Waals surface area contributed by atoms with Gasteiger partial charge in [0.05, 0.1) is 17.9 Å². The van der Waals surface area contributed by atoms with E-state index in [9.17, 15) is 8.78 Å². The number of hydrogen-bond donors (Lipinski definition) is 1. The molecule has 1 unspecified atom stereocenters. The van der Waals surface area contributed by atoms with Crippen molar-refractivity contribution >= 4 is 0 Å². The van der Waals surface area contributed by atoms with Gasteiger partial charge in [0, 0.05) is 18.2 Å². The average molecular weight is 266 g/mol. The van der Waals surface area contributed by atoms with Crippen molar-refractivity contribution in [2.24, 2.45) is 5.73 Å². The number of halogens is 2. The summed E-state index contributed by atoms with van der Waals surface area (Å²) in [7, 11) is 0. The van der Waals surface area contributed by atoms with Crippen LogP contribution in [0.15, 0.2) is 18.3 Å². The van der Waals surface area contributed by atoms with Gasteiger partial charge in [-0.2, -0.15) is 0 Å². The van der Waals surface area contributed by atoms with Crippen molar-refractivity contribution in [3.8, 4) is 0 Å². The van der Waals surface area contributed by atoms with Crippen molar-refractivity contribution in [1.29, 1.82) is 0 Å². The maximum atomic E-state index is 13.8. The molecule has 0 radical (unpaired) electrons. The first-order valence-corrected chi connectivity index (χ1v) is 6.14. The number of nitrogens with two attached hydrogens (primary N) is 1. The SMILES string of the molecule is CCCn1nncc1C(N)c1cc(C)c(F)cc1F. The smallest absolute Gasteiger partial charge is 0.131 e. The van der Waals surface area contributed by atoms with Crippen LogP contribution in [0, 0.1) is 18.6 Å². The van der Waals surface area contributed by atoms with E-state index in [0.717, 1.165) is 12.5 Å². The summed E-state index contributed by atoms with van der Waals surface area (Å²) < 4.78 is 28.7. The van der Waals surface area contributed by atoms with Crippen molar-refractivity contribution in [3.05, 3.63) is 46.8 Å². The largest absolute Gasteiger partial charge is 0.319 e. The zero-order valence-electron chi connectivity index (χ0n) is 10.9. The minimum absolute atomic E-state index is 0.249. The molecule has 19 heavy (non-hydrogen) atoms. The molecule has 1 atom stereocenters. The minimum Gasteiger partial charge on any atom is -0.319 e. The van der Waals surface area contributed by atoms with E-state index >= 15 is 0 Å². The van der Waals surface area contributed by atoms with Crippen LogP contribution < -0.4 is 5.73 Å². The van der Waals surface area contributed by atoms with Gasteiger partial charge in [0.25, 0.3) is 0 Å². The van der Waals surface area contributed by atoms with Crippen molar-refractivity contribution in [2.75, 3.05) is 0 Å². The summed E-state index contributed by atoms with van der Waals surface area (Å²) in [5.74, 6) is -1.23. The van der Waals surface area contributed by atoms with Crippen LogP contribution in [0.5, 0.6) is 0 Å². The first-order chi connectivity index (χ1) is 9.04. The third-order valence-corrected chi connectivity index (χ3v) is 3.01. The lowest BCUT2D eigenvalue weighted by molar-refractivity contribution is 0.527. The molecular formula is C13H16F2N4. The highest BCUT2D eigenvalue weighted by Gasteiger charge is 2.19. The summed E-state index contributed by atoms with van der Waals surface area (Å²) >= 11 is 0. The van der Waals surface area contributed by atoms with Gasteiger partial charge in [0.15, 0.2) is 0 Å². The fourth-order valence-electron chi connectivity index (χ4n) is 1.97. The standard InChI is InChI=1S/C13H16F2N4/c1-3-4-19-12(7-17-18-19)13(16)9-5-8(2)10(14)6-11(9)15/h5-7,13H,3-4,16H2,1-2H3. The second-order valence-corrected chi connectivity index (χ2v) is 4.48. The number of nitrogens with zero attached hydrogens (tertiary/aromatic N) is 3. The lowest BCUT2D eigenvalue weighted by atomic mass is 10.0. The van der Waals surface area contributed by atoms with Gasteiger partial charge in [-0.3, -0.25) is 0 Å². The van der Waals surface area contributed by atoms with Crippen molar-refractivity contribution < 1.29 is 8.78 Å². The van der Waals surface area contributed by atoms with E-state index in [4.69, 9.17) is 5.73 Å². The fourth-order valence-corrected chi connectivity index (χ4v) is 1.97. The monoisotopic (exact) mass is 266 g/mol. The van der Waals surface area contributed by atoms with E-state index in [1.807, 2.05) is 6.92 Å². The molecule has 0 saturated heterocycles. The molecule has 1 aromatic heterocycles. The zero-order valence-corrected chi connectivity index (χ0v) is 10.9. The quantitative estimate of drug-likeness (QED) is 0.924. The molecule has 2 N–H and O–H groups in total. The first-order valence-electron chi connectivity index (χ1n) is 6.14. The Morgan fingerprint density at radius 2 is 2.05 bits per heavy atom. The molecule has 2 aromatic rings. The van der Waals surface area contributed by atoms with Crippen LogP contribution >= 0.6 is 0 Å². The normalized spacial score (nSPS) is 12.7. The second kappa shape index (κ2) is 5.44. The van der Waals surface area contributed by atoms with Gasteiger partial charge in [0.1, 0.15) is 11.6 Å². The molecule has 1 aromatic carbocycles. The minimum atomic E-state index is -0.708. The molecule has 0 amide bonds. The fraction of sp³-hybridized carbons (Fsp3) is 0.385. The van der Waals surface area contributed by atoms with Crippen LogP contribution in [0.3, 0.4) is 0 Å². The van der Waals surface area contributed by atoms with Crippen LogP contribution in [-0.2, 0) is 6.54 Å². The Labute approximate surface area is 110 Å². The number of aromatic nitrogens is 3. The van der Waals surface area contributed by atoms with Gasteiger partial charge in [0.2, 0.25) is 0 Å². The molecule has 6 heteroatoms. The van der Waals surface area contributed by atoms with Crippen LogP contribution in [-0.4, -0.2) is 15.0 Å². The number of rotatable bonds is 4. The van der Waals surface area contributed by atoms with E-state index in [1.54, 1.807) is 11.6 Å². The third-order valence-electron chi connectivity index (χ3n) is 3.01. The maximum absolute atomic E-state index is 13.8. The van der Waals surface area contributed by atoms with Gasteiger partial charge in [-0.25, -0.2) is 13.5 Å². The highest BCUT2D eigenvalue weighted by molar-refractivity contribution is 5.32. The molecule has 102 valence electrons. The topological polar surface area (TPSA) is 56.7 Å². The Balaban J connectivity index is 2.41. The molecule has 0 saturated carbocycles. The lowest BCUT2D eigenvalue weighted by Crippen LogP contribution is -2.19. The average Bonchev–Trinajstić information content (AvgIpc) is 2.82. The summed E-state index contributed by atoms with van der Waals surface area (Å²) in [6, 6.07) is 1.58. The van der Waals surface area contributed by atoms with Gasteiger partial charge in [-0.1, -0.05) is 12.1 Å². The molecule has 2 rings (SSSR count). The van der Waals surface area contributed by atoms with Crippen LogP contribution in [0.1, 0.15) is 36.2 Å². The molecule has 0 aliphatic heterocycles. The van der Waals surface area contributed by atoms with E-state index < -0.39 is 17.7 Å². The summed E-state index contributed by atoms with van der Waals surface area (Å²) in [4.78, 5) is 0. The lowest BCUT2D eigenvalue weighted by Gasteiger charge is -2.15. The maximum Gasteiger partial charge on any atom is 0.131 e.